The van der Waals surface area contributed by atoms with Crippen LogP contribution in [0.3, 0.4) is 0 Å². The van der Waals surface area contributed by atoms with Crippen molar-refractivity contribution in [2.24, 2.45) is 5.92 Å². The SMILES string of the molecule is COc1ccccc1CC(C)CC(=O)Nc1cccnc1C(=O)O. The Balaban J connectivity index is 1.98. The molecule has 2 N–H and O–H groups in total. The first-order valence-corrected chi connectivity index (χ1v) is 7.61. The summed E-state index contributed by atoms with van der Waals surface area (Å²) in [7, 11) is 1.62. The lowest BCUT2D eigenvalue weighted by atomic mass is 9.97. The van der Waals surface area contributed by atoms with E-state index < -0.39 is 5.97 Å². The van der Waals surface area contributed by atoms with Gasteiger partial charge >= 0.3 is 5.97 Å². The summed E-state index contributed by atoms with van der Waals surface area (Å²) in [6.07, 6.45) is 2.34. The Hall–Kier alpha value is -2.89. The summed E-state index contributed by atoms with van der Waals surface area (Å²) in [5.41, 5.74) is 1.08. The number of para-hydroxylation sites is 1. The third-order valence-electron chi connectivity index (χ3n) is 3.58. The first-order valence-electron chi connectivity index (χ1n) is 7.61. The van der Waals surface area contributed by atoms with Crippen LogP contribution in [0.15, 0.2) is 42.6 Å². The molecular weight excluding hydrogens is 308 g/mol. The van der Waals surface area contributed by atoms with Gasteiger partial charge < -0.3 is 15.2 Å². The number of hydrogen-bond acceptors (Lipinski definition) is 4. The minimum absolute atomic E-state index is 0.0752. The number of ether oxygens (including phenoxy) is 1. The number of pyridine rings is 1. The largest absolute Gasteiger partial charge is 0.496 e. The highest BCUT2D eigenvalue weighted by atomic mass is 16.5. The van der Waals surface area contributed by atoms with Crippen molar-refractivity contribution in [3.05, 3.63) is 53.9 Å². The molecule has 2 rings (SSSR count). The van der Waals surface area contributed by atoms with Crippen LogP contribution in [0.25, 0.3) is 0 Å². The van der Waals surface area contributed by atoms with Crippen molar-refractivity contribution < 1.29 is 19.4 Å². The summed E-state index contributed by atoms with van der Waals surface area (Å²) in [5, 5.41) is 11.7. The van der Waals surface area contributed by atoms with Crippen molar-refractivity contribution in [1.82, 2.24) is 4.98 Å². The topological polar surface area (TPSA) is 88.5 Å². The predicted octanol–water partition coefficient (Wildman–Crippen LogP) is 3.00. The first kappa shape index (κ1) is 17.5. The minimum atomic E-state index is -1.17. The summed E-state index contributed by atoms with van der Waals surface area (Å²) in [4.78, 5) is 27.1. The Morgan fingerprint density at radius 1 is 1.25 bits per heavy atom. The van der Waals surface area contributed by atoms with Crippen molar-refractivity contribution in [2.45, 2.75) is 19.8 Å². The molecule has 1 heterocycles. The zero-order valence-electron chi connectivity index (χ0n) is 13.7. The summed E-state index contributed by atoms with van der Waals surface area (Å²) in [6, 6.07) is 10.8. The van der Waals surface area contributed by atoms with Crippen LogP contribution >= 0.6 is 0 Å². The van der Waals surface area contributed by atoms with Crippen molar-refractivity contribution in [3.63, 3.8) is 0 Å². The van der Waals surface area contributed by atoms with Crippen LogP contribution in [0, 0.1) is 5.92 Å². The fraction of sp³-hybridized carbons (Fsp3) is 0.278. The quantitative estimate of drug-likeness (QED) is 0.815. The maximum atomic E-state index is 12.2. The predicted molar refractivity (Wildman–Crippen MR) is 90.3 cm³/mol. The molecule has 0 radical (unpaired) electrons. The second kappa shape index (κ2) is 8.10. The number of carbonyl (C=O) groups is 2. The number of carboxylic acid groups (broad SMARTS) is 1. The molecule has 1 atom stereocenters. The minimum Gasteiger partial charge on any atom is -0.496 e. The number of aromatic carboxylic acids is 1. The van der Waals surface area contributed by atoms with Crippen molar-refractivity contribution in [3.8, 4) is 5.75 Å². The number of amides is 1. The van der Waals surface area contributed by atoms with Crippen LogP contribution in [0.1, 0.15) is 29.4 Å². The van der Waals surface area contributed by atoms with Gasteiger partial charge in [0.05, 0.1) is 12.8 Å². The molecule has 0 saturated carbocycles. The van der Waals surface area contributed by atoms with Crippen LogP contribution in [-0.4, -0.2) is 29.1 Å². The van der Waals surface area contributed by atoms with Gasteiger partial charge in [-0.2, -0.15) is 0 Å². The zero-order valence-corrected chi connectivity index (χ0v) is 13.7. The Morgan fingerprint density at radius 3 is 2.71 bits per heavy atom. The Kier molecular flexibility index (Phi) is 5.89. The van der Waals surface area contributed by atoms with Gasteiger partial charge in [0.1, 0.15) is 5.75 Å². The molecule has 0 spiro atoms. The number of carboxylic acids is 1. The van der Waals surface area contributed by atoms with E-state index in [1.807, 2.05) is 31.2 Å². The number of methoxy groups -OCH3 is 1. The number of carbonyl (C=O) groups excluding carboxylic acids is 1. The standard InChI is InChI=1S/C18H20N2O4/c1-12(10-13-6-3-4-8-15(13)24-2)11-16(21)20-14-7-5-9-19-17(14)18(22)23/h3-9,12H,10-11H2,1-2H3,(H,20,21)(H,22,23). The van der Waals surface area contributed by atoms with Gasteiger partial charge in [0.2, 0.25) is 5.91 Å². The first-order chi connectivity index (χ1) is 11.5. The van der Waals surface area contributed by atoms with E-state index in [1.54, 1.807) is 13.2 Å². The molecule has 6 heteroatoms. The monoisotopic (exact) mass is 328 g/mol. The Morgan fingerprint density at radius 2 is 2.00 bits per heavy atom. The van der Waals surface area contributed by atoms with Crippen LogP contribution in [0.2, 0.25) is 0 Å². The molecular formula is C18H20N2O4. The van der Waals surface area contributed by atoms with Crippen molar-refractivity contribution in [2.75, 3.05) is 12.4 Å². The smallest absolute Gasteiger partial charge is 0.356 e. The molecule has 0 aliphatic rings. The van der Waals surface area contributed by atoms with Crippen LogP contribution in [-0.2, 0) is 11.2 Å². The summed E-state index contributed by atoms with van der Waals surface area (Å²) in [6.45, 7) is 1.97. The van der Waals surface area contributed by atoms with E-state index in [4.69, 9.17) is 9.84 Å². The molecule has 1 unspecified atom stereocenters. The number of aromatic nitrogens is 1. The lowest BCUT2D eigenvalue weighted by Crippen LogP contribution is -2.18. The molecule has 126 valence electrons. The lowest BCUT2D eigenvalue weighted by Gasteiger charge is -2.14. The molecule has 1 aromatic heterocycles. The molecule has 2 aromatic rings. The molecule has 1 aromatic carbocycles. The van der Waals surface area contributed by atoms with Gasteiger partial charge in [0.25, 0.3) is 0 Å². The number of nitrogens with one attached hydrogen (secondary N) is 1. The summed E-state index contributed by atoms with van der Waals surface area (Å²) >= 11 is 0. The third-order valence-corrected chi connectivity index (χ3v) is 3.58. The number of benzene rings is 1. The van der Waals surface area contributed by atoms with Gasteiger partial charge in [-0.05, 0) is 36.1 Å². The number of anilines is 1. The van der Waals surface area contributed by atoms with Crippen molar-refractivity contribution >= 4 is 17.6 Å². The van der Waals surface area contributed by atoms with Crippen LogP contribution < -0.4 is 10.1 Å². The molecule has 0 aliphatic heterocycles. The number of hydrogen-bond donors (Lipinski definition) is 2. The lowest BCUT2D eigenvalue weighted by molar-refractivity contribution is -0.116. The highest BCUT2D eigenvalue weighted by Crippen LogP contribution is 2.22. The van der Waals surface area contributed by atoms with Gasteiger partial charge in [-0.3, -0.25) is 4.79 Å². The Bertz CT molecular complexity index is 730. The van der Waals surface area contributed by atoms with Crippen molar-refractivity contribution in [1.29, 1.82) is 0 Å². The fourth-order valence-electron chi connectivity index (χ4n) is 2.51. The maximum Gasteiger partial charge on any atom is 0.356 e. The van der Waals surface area contributed by atoms with Crippen LogP contribution in [0.4, 0.5) is 5.69 Å². The molecule has 0 aliphatic carbocycles. The molecule has 24 heavy (non-hydrogen) atoms. The summed E-state index contributed by atoms with van der Waals surface area (Å²) in [5.74, 6) is -0.544. The second-order valence-electron chi connectivity index (χ2n) is 5.58. The van der Waals surface area contributed by atoms with Gasteiger partial charge in [0.15, 0.2) is 5.69 Å². The maximum absolute atomic E-state index is 12.2. The highest BCUT2D eigenvalue weighted by molar-refractivity contribution is 5.99. The van der Waals surface area contributed by atoms with E-state index in [0.29, 0.717) is 6.42 Å². The highest BCUT2D eigenvalue weighted by Gasteiger charge is 2.16. The molecule has 0 bridgehead atoms. The van der Waals surface area contributed by atoms with E-state index in [1.165, 1.54) is 12.3 Å². The van der Waals surface area contributed by atoms with E-state index >= 15 is 0 Å². The van der Waals surface area contributed by atoms with E-state index in [2.05, 4.69) is 10.3 Å². The molecule has 0 fully saturated rings. The van der Waals surface area contributed by atoms with Gasteiger partial charge in [-0.25, -0.2) is 9.78 Å². The van der Waals surface area contributed by atoms with Gasteiger partial charge in [0, 0.05) is 12.6 Å². The summed E-state index contributed by atoms with van der Waals surface area (Å²) < 4.78 is 5.31. The second-order valence-corrected chi connectivity index (χ2v) is 5.58. The average Bonchev–Trinajstić information content (AvgIpc) is 2.55. The molecule has 6 nitrogen and oxygen atoms in total. The zero-order chi connectivity index (χ0) is 17.5. The normalized spacial score (nSPS) is 11.6. The van der Waals surface area contributed by atoms with E-state index in [0.717, 1.165) is 11.3 Å². The van der Waals surface area contributed by atoms with Crippen LogP contribution in [0.5, 0.6) is 5.75 Å². The third kappa shape index (κ3) is 4.55. The molecule has 0 saturated heterocycles. The number of rotatable bonds is 7. The van der Waals surface area contributed by atoms with Gasteiger partial charge in [-0.1, -0.05) is 25.1 Å². The Labute approximate surface area is 140 Å². The average molecular weight is 328 g/mol. The van der Waals surface area contributed by atoms with E-state index in [9.17, 15) is 9.59 Å². The van der Waals surface area contributed by atoms with E-state index in [-0.39, 0.29) is 29.6 Å². The van der Waals surface area contributed by atoms with Gasteiger partial charge in [-0.15, -0.1) is 0 Å². The fourth-order valence-corrected chi connectivity index (χ4v) is 2.51. The molecule has 1 amide bonds. The number of nitrogens with zero attached hydrogens (tertiary/aromatic N) is 1.